The summed E-state index contributed by atoms with van der Waals surface area (Å²) in [6.07, 6.45) is 0. The molecule has 0 unspecified atom stereocenters. The van der Waals surface area contributed by atoms with Gasteiger partial charge in [-0.3, -0.25) is 0 Å². The molecule has 3 nitrogen and oxygen atoms in total. The molecule has 6 heteroatoms. The summed E-state index contributed by atoms with van der Waals surface area (Å²) >= 11 is 5.57. The summed E-state index contributed by atoms with van der Waals surface area (Å²) in [6, 6.07) is 3.43. The molecule has 0 spiro atoms. The maximum Gasteiger partial charge on any atom is 0.179 e. The van der Waals surface area contributed by atoms with Gasteiger partial charge in [-0.1, -0.05) is 11.6 Å². The van der Waals surface area contributed by atoms with Gasteiger partial charge in [0.05, 0.1) is 15.7 Å². The van der Waals surface area contributed by atoms with Crippen molar-refractivity contribution in [1.82, 2.24) is 5.32 Å². The Morgan fingerprint density at radius 1 is 1.33 bits per heavy atom. The van der Waals surface area contributed by atoms with Crippen LogP contribution in [-0.4, -0.2) is 26.3 Å². The van der Waals surface area contributed by atoms with Crippen LogP contribution in [-0.2, 0) is 9.84 Å². The zero-order valence-electron chi connectivity index (χ0n) is 10.6. The SMILES string of the molecule is CC(C)(C)NCCS(=O)(=O)c1ccc(F)c(Cl)c1. The van der Waals surface area contributed by atoms with Gasteiger partial charge in [0.2, 0.25) is 0 Å². The van der Waals surface area contributed by atoms with Crippen molar-refractivity contribution < 1.29 is 12.8 Å². The fourth-order valence-corrected chi connectivity index (χ4v) is 2.77. The van der Waals surface area contributed by atoms with Gasteiger partial charge in [0.15, 0.2) is 9.84 Å². The van der Waals surface area contributed by atoms with Crippen molar-refractivity contribution in [1.29, 1.82) is 0 Å². The van der Waals surface area contributed by atoms with E-state index >= 15 is 0 Å². The zero-order chi connectivity index (χ0) is 14.0. The molecule has 0 radical (unpaired) electrons. The molecule has 0 saturated carbocycles. The number of nitrogens with one attached hydrogen (secondary N) is 1. The Morgan fingerprint density at radius 2 is 1.94 bits per heavy atom. The normalized spacial score (nSPS) is 12.7. The van der Waals surface area contributed by atoms with Gasteiger partial charge in [-0.2, -0.15) is 0 Å². The zero-order valence-corrected chi connectivity index (χ0v) is 12.2. The van der Waals surface area contributed by atoms with E-state index in [0.29, 0.717) is 6.54 Å². The monoisotopic (exact) mass is 293 g/mol. The topological polar surface area (TPSA) is 46.2 Å². The highest BCUT2D eigenvalue weighted by Crippen LogP contribution is 2.20. The fourth-order valence-electron chi connectivity index (χ4n) is 1.35. The molecule has 1 N–H and O–H groups in total. The van der Waals surface area contributed by atoms with Gasteiger partial charge in [0.25, 0.3) is 0 Å². The number of hydrogen-bond donors (Lipinski definition) is 1. The van der Waals surface area contributed by atoms with Gasteiger partial charge >= 0.3 is 0 Å². The van der Waals surface area contributed by atoms with Gasteiger partial charge < -0.3 is 5.32 Å². The van der Waals surface area contributed by atoms with Crippen LogP contribution in [0.25, 0.3) is 0 Å². The summed E-state index contributed by atoms with van der Waals surface area (Å²) < 4.78 is 36.9. The lowest BCUT2D eigenvalue weighted by molar-refractivity contribution is 0.438. The number of benzene rings is 1. The van der Waals surface area contributed by atoms with E-state index in [9.17, 15) is 12.8 Å². The van der Waals surface area contributed by atoms with Gasteiger partial charge in [-0.15, -0.1) is 0 Å². The molecule has 0 bridgehead atoms. The third kappa shape index (κ3) is 4.55. The van der Waals surface area contributed by atoms with Crippen LogP contribution in [0.1, 0.15) is 20.8 Å². The maximum atomic E-state index is 13.0. The standard InChI is InChI=1S/C12H17ClFNO2S/c1-12(2,3)15-6-7-18(16,17)9-4-5-11(14)10(13)8-9/h4-5,8,15H,6-7H2,1-3H3. The molecule has 0 saturated heterocycles. The third-order valence-electron chi connectivity index (χ3n) is 2.28. The van der Waals surface area contributed by atoms with Gasteiger partial charge in [-0.05, 0) is 39.0 Å². The first-order chi connectivity index (χ1) is 8.12. The van der Waals surface area contributed by atoms with E-state index in [1.165, 1.54) is 6.07 Å². The predicted molar refractivity (Wildman–Crippen MR) is 71.2 cm³/mol. The lowest BCUT2D eigenvalue weighted by Crippen LogP contribution is -2.38. The Balaban J connectivity index is 2.77. The number of rotatable bonds is 4. The smallest absolute Gasteiger partial charge is 0.179 e. The van der Waals surface area contributed by atoms with Crippen LogP contribution < -0.4 is 5.32 Å². The van der Waals surface area contributed by atoms with Crippen molar-refractivity contribution in [2.24, 2.45) is 0 Å². The fraction of sp³-hybridized carbons (Fsp3) is 0.500. The molecule has 0 aromatic heterocycles. The average Bonchev–Trinajstić information content (AvgIpc) is 2.19. The second-order valence-corrected chi connectivity index (χ2v) is 7.59. The van der Waals surface area contributed by atoms with E-state index in [1.807, 2.05) is 20.8 Å². The minimum Gasteiger partial charge on any atom is -0.311 e. The number of sulfone groups is 1. The van der Waals surface area contributed by atoms with E-state index < -0.39 is 15.7 Å². The molecule has 0 aliphatic heterocycles. The van der Waals surface area contributed by atoms with Crippen LogP contribution in [0.3, 0.4) is 0 Å². The van der Waals surface area contributed by atoms with Crippen LogP contribution >= 0.6 is 11.6 Å². The molecular weight excluding hydrogens is 277 g/mol. The molecule has 102 valence electrons. The van der Waals surface area contributed by atoms with E-state index in [4.69, 9.17) is 11.6 Å². The lowest BCUT2D eigenvalue weighted by atomic mass is 10.1. The second-order valence-electron chi connectivity index (χ2n) is 5.07. The molecule has 0 heterocycles. The van der Waals surface area contributed by atoms with Gasteiger partial charge in [0, 0.05) is 12.1 Å². The van der Waals surface area contributed by atoms with Crippen LogP contribution in [0.5, 0.6) is 0 Å². The molecule has 0 fully saturated rings. The molecule has 0 atom stereocenters. The van der Waals surface area contributed by atoms with Crippen molar-refractivity contribution in [3.05, 3.63) is 29.0 Å². The quantitative estimate of drug-likeness (QED) is 0.868. The number of hydrogen-bond acceptors (Lipinski definition) is 3. The Labute approximate surface area is 112 Å². The van der Waals surface area contributed by atoms with Crippen LogP contribution in [0.2, 0.25) is 5.02 Å². The number of halogens is 2. The summed E-state index contributed by atoms with van der Waals surface area (Å²) in [5.74, 6) is -0.671. The van der Waals surface area contributed by atoms with Crippen molar-refractivity contribution in [2.75, 3.05) is 12.3 Å². The lowest BCUT2D eigenvalue weighted by Gasteiger charge is -2.20. The second kappa shape index (κ2) is 5.55. The Morgan fingerprint density at radius 3 is 2.44 bits per heavy atom. The van der Waals surface area contributed by atoms with Crippen molar-refractivity contribution in [2.45, 2.75) is 31.2 Å². The highest BCUT2D eigenvalue weighted by atomic mass is 35.5. The minimum absolute atomic E-state index is 0.0459. The molecule has 1 aromatic carbocycles. The van der Waals surface area contributed by atoms with Gasteiger partial charge in [0.1, 0.15) is 5.82 Å². The highest BCUT2D eigenvalue weighted by Gasteiger charge is 2.17. The molecule has 1 rings (SSSR count). The Kier molecular flexibility index (Phi) is 4.75. The van der Waals surface area contributed by atoms with Crippen LogP contribution in [0, 0.1) is 5.82 Å². The van der Waals surface area contributed by atoms with E-state index in [0.717, 1.165) is 12.1 Å². The summed E-state index contributed by atoms with van der Waals surface area (Å²) in [7, 11) is -3.44. The molecule has 1 aromatic rings. The van der Waals surface area contributed by atoms with Crippen LogP contribution in [0.15, 0.2) is 23.1 Å². The first kappa shape index (κ1) is 15.4. The highest BCUT2D eigenvalue weighted by molar-refractivity contribution is 7.91. The van der Waals surface area contributed by atoms with E-state index in [1.54, 1.807) is 0 Å². The first-order valence-corrected chi connectivity index (χ1v) is 7.58. The Hall–Kier alpha value is -0.650. The van der Waals surface area contributed by atoms with Crippen molar-refractivity contribution in [3.63, 3.8) is 0 Å². The molecule has 0 aliphatic rings. The third-order valence-corrected chi connectivity index (χ3v) is 4.28. The molecule has 18 heavy (non-hydrogen) atoms. The van der Waals surface area contributed by atoms with Crippen molar-refractivity contribution >= 4 is 21.4 Å². The molecule has 0 amide bonds. The van der Waals surface area contributed by atoms with E-state index in [2.05, 4.69) is 5.32 Å². The van der Waals surface area contributed by atoms with Crippen molar-refractivity contribution in [3.8, 4) is 0 Å². The molecule has 0 aliphatic carbocycles. The largest absolute Gasteiger partial charge is 0.311 e. The molecular formula is C12H17ClFNO2S. The summed E-state index contributed by atoms with van der Waals surface area (Å²) in [6.45, 7) is 6.19. The van der Waals surface area contributed by atoms with Gasteiger partial charge in [-0.25, -0.2) is 12.8 Å². The van der Waals surface area contributed by atoms with Crippen LogP contribution in [0.4, 0.5) is 4.39 Å². The summed E-state index contributed by atoms with van der Waals surface area (Å²) in [5.41, 5.74) is -0.143. The predicted octanol–water partition coefficient (Wildman–Crippen LogP) is 2.64. The summed E-state index contributed by atoms with van der Waals surface area (Å²) in [4.78, 5) is 0.0459. The Bertz CT molecular complexity index is 523. The van der Waals surface area contributed by atoms with E-state index in [-0.39, 0.29) is 21.2 Å². The average molecular weight is 294 g/mol. The summed E-state index contributed by atoms with van der Waals surface area (Å²) in [5, 5.41) is 2.91. The maximum absolute atomic E-state index is 13.0. The first-order valence-electron chi connectivity index (χ1n) is 5.55. The minimum atomic E-state index is -3.44.